The SMILES string of the molecule is CCC(C(=O)O)c1ccc(N2C(=O)c3c(c(OC(C)C)c4ccccc4c3OC(C)C)C2O)c(F)c1. The molecular weight excluding hydrogens is 465 g/mol. The number of aliphatic carboxylic acids is 1. The zero-order valence-electron chi connectivity index (χ0n) is 20.9. The molecule has 190 valence electrons. The van der Waals surface area contributed by atoms with Crippen LogP contribution < -0.4 is 14.4 Å². The maximum atomic E-state index is 15.4. The first kappa shape index (κ1) is 25.4. The number of carboxylic acid groups (broad SMARTS) is 1. The molecule has 3 aromatic rings. The Morgan fingerprint density at radius 3 is 2.14 bits per heavy atom. The van der Waals surface area contributed by atoms with Crippen molar-refractivity contribution < 1.29 is 33.7 Å². The van der Waals surface area contributed by atoms with Crippen molar-refractivity contribution in [3.8, 4) is 11.5 Å². The van der Waals surface area contributed by atoms with Gasteiger partial charge in [-0.15, -0.1) is 0 Å². The van der Waals surface area contributed by atoms with Crippen molar-refractivity contribution in [2.75, 3.05) is 4.90 Å². The molecule has 4 rings (SSSR count). The summed E-state index contributed by atoms with van der Waals surface area (Å²) in [5, 5.41) is 22.2. The van der Waals surface area contributed by atoms with E-state index in [1.807, 2.05) is 52.0 Å². The molecule has 0 saturated heterocycles. The van der Waals surface area contributed by atoms with Crippen molar-refractivity contribution in [2.24, 2.45) is 0 Å². The van der Waals surface area contributed by atoms with E-state index >= 15 is 4.39 Å². The molecule has 0 aromatic heterocycles. The Morgan fingerprint density at radius 2 is 1.61 bits per heavy atom. The van der Waals surface area contributed by atoms with Gasteiger partial charge in [-0.3, -0.25) is 14.5 Å². The first-order valence-electron chi connectivity index (χ1n) is 12.0. The summed E-state index contributed by atoms with van der Waals surface area (Å²) >= 11 is 0. The van der Waals surface area contributed by atoms with Crippen LogP contribution in [0.25, 0.3) is 10.8 Å². The molecule has 36 heavy (non-hydrogen) atoms. The Labute approximate surface area is 209 Å². The summed E-state index contributed by atoms with van der Waals surface area (Å²) in [5.41, 5.74) is 0.445. The molecule has 1 aliphatic rings. The van der Waals surface area contributed by atoms with E-state index in [2.05, 4.69) is 0 Å². The number of rotatable bonds is 8. The number of hydrogen-bond donors (Lipinski definition) is 2. The maximum absolute atomic E-state index is 15.4. The molecule has 8 heteroatoms. The van der Waals surface area contributed by atoms with Gasteiger partial charge in [0.05, 0.1) is 34.9 Å². The molecule has 0 saturated carbocycles. The van der Waals surface area contributed by atoms with Crippen molar-refractivity contribution in [2.45, 2.75) is 65.4 Å². The molecule has 1 heterocycles. The van der Waals surface area contributed by atoms with Crippen LogP contribution in [0.4, 0.5) is 10.1 Å². The van der Waals surface area contributed by atoms with Gasteiger partial charge in [0.25, 0.3) is 5.91 Å². The number of anilines is 1. The van der Waals surface area contributed by atoms with Gasteiger partial charge in [0.2, 0.25) is 0 Å². The topological polar surface area (TPSA) is 96.3 Å². The normalized spacial score (nSPS) is 16.1. The van der Waals surface area contributed by atoms with Crippen molar-refractivity contribution in [1.82, 2.24) is 0 Å². The molecule has 0 aliphatic carbocycles. The molecule has 0 spiro atoms. The van der Waals surface area contributed by atoms with E-state index in [0.29, 0.717) is 22.3 Å². The zero-order valence-corrected chi connectivity index (χ0v) is 20.9. The molecule has 2 unspecified atom stereocenters. The van der Waals surface area contributed by atoms with Crippen molar-refractivity contribution >= 4 is 28.3 Å². The number of nitrogens with zero attached hydrogens (tertiary/aromatic N) is 1. The van der Waals surface area contributed by atoms with Crippen molar-refractivity contribution in [3.05, 3.63) is 65.0 Å². The Hall–Kier alpha value is -3.65. The lowest BCUT2D eigenvalue weighted by Crippen LogP contribution is -2.29. The van der Waals surface area contributed by atoms with E-state index in [9.17, 15) is 19.8 Å². The van der Waals surface area contributed by atoms with E-state index in [4.69, 9.17) is 9.47 Å². The summed E-state index contributed by atoms with van der Waals surface area (Å²) in [7, 11) is 0. The van der Waals surface area contributed by atoms with Crippen LogP contribution >= 0.6 is 0 Å². The highest BCUT2D eigenvalue weighted by molar-refractivity contribution is 6.17. The first-order valence-corrected chi connectivity index (χ1v) is 12.0. The van der Waals surface area contributed by atoms with E-state index in [-0.39, 0.29) is 41.0 Å². The molecule has 1 aliphatic heterocycles. The molecule has 0 radical (unpaired) electrons. The molecule has 1 amide bonds. The number of hydrogen-bond acceptors (Lipinski definition) is 5. The quantitative estimate of drug-likeness (QED) is 0.411. The molecular formula is C28H30FNO6. The van der Waals surface area contributed by atoms with Gasteiger partial charge in [-0.1, -0.05) is 37.3 Å². The van der Waals surface area contributed by atoms with Gasteiger partial charge in [-0.25, -0.2) is 4.39 Å². The highest BCUT2D eigenvalue weighted by Crippen LogP contribution is 2.50. The average Bonchev–Trinajstić information content (AvgIpc) is 3.06. The lowest BCUT2D eigenvalue weighted by atomic mass is 9.96. The van der Waals surface area contributed by atoms with Crippen LogP contribution in [0, 0.1) is 5.82 Å². The second-order valence-electron chi connectivity index (χ2n) is 9.38. The third-order valence-electron chi connectivity index (χ3n) is 6.14. The van der Waals surface area contributed by atoms with Gasteiger partial charge in [-0.2, -0.15) is 0 Å². The van der Waals surface area contributed by atoms with E-state index in [1.165, 1.54) is 12.1 Å². The van der Waals surface area contributed by atoms with E-state index < -0.39 is 29.8 Å². The Kier molecular flexibility index (Phi) is 6.91. The number of fused-ring (bicyclic) bond motifs is 2. The largest absolute Gasteiger partial charge is 0.490 e. The molecule has 3 aromatic carbocycles. The minimum Gasteiger partial charge on any atom is -0.490 e. The highest BCUT2D eigenvalue weighted by atomic mass is 19.1. The third kappa shape index (κ3) is 4.26. The average molecular weight is 496 g/mol. The van der Waals surface area contributed by atoms with Crippen LogP contribution in [-0.4, -0.2) is 34.3 Å². The lowest BCUT2D eigenvalue weighted by Gasteiger charge is -2.24. The second-order valence-corrected chi connectivity index (χ2v) is 9.38. The Bertz CT molecular complexity index is 1340. The van der Waals surface area contributed by atoms with Gasteiger partial charge in [-0.05, 0) is 51.8 Å². The number of aliphatic hydroxyl groups excluding tert-OH is 1. The second kappa shape index (κ2) is 9.78. The van der Waals surface area contributed by atoms with Gasteiger partial charge in [0.1, 0.15) is 17.3 Å². The number of carbonyl (C=O) groups is 2. The molecule has 2 N–H and O–H groups in total. The van der Waals surface area contributed by atoms with Gasteiger partial charge >= 0.3 is 5.97 Å². The highest BCUT2D eigenvalue weighted by Gasteiger charge is 2.44. The number of ether oxygens (including phenoxy) is 2. The predicted molar refractivity (Wildman–Crippen MR) is 134 cm³/mol. The fourth-order valence-electron chi connectivity index (χ4n) is 4.66. The number of carbonyl (C=O) groups excluding carboxylic acids is 1. The Balaban J connectivity index is 1.93. The number of halogens is 1. The zero-order chi connectivity index (χ0) is 26.3. The van der Waals surface area contributed by atoms with Gasteiger partial charge in [0.15, 0.2) is 6.23 Å². The lowest BCUT2D eigenvalue weighted by molar-refractivity contribution is -0.138. The van der Waals surface area contributed by atoms with Gasteiger partial charge in [0, 0.05) is 10.8 Å². The van der Waals surface area contributed by atoms with Crippen LogP contribution in [0.1, 0.15) is 74.7 Å². The minimum atomic E-state index is -1.54. The maximum Gasteiger partial charge on any atom is 0.310 e. The molecule has 7 nitrogen and oxygen atoms in total. The smallest absolute Gasteiger partial charge is 0.310 e. The van der Waals surface area contributed by atoms with Crippen LogP contribution in [0.15, 0.2) is 42.5 Å². The fourth-order valence-corrected chi connectivity index (χ4v) is 4.66. The first-order chi connectivity index (χ1) is 17.1. The number of amides is 1. The summed E-state index contributed by atoms with van der Waals surface area (Å²) < 4.78 is 27.6. The standard InChI is InChI=1S/C28H30FNO6/c1-6-17(28(33)34)16-11-12-21(20(29)13-16)30-26(31)22-23(27(30)32)25(36-15(4)5)19-10-8-7-9-18(19)24(22)35-14(2)3/h7-15,17,26,31H,6H2,1-5H3,(H,33,34). The monoisotopic (exact) mass is 495 g/mol. The third-order valence-corrected chi connectivity index (χ3v) is 6.14. The Morgan fingerprint density at radius 1 is 1.03 bits per heavy atom. The van der Waals surface area contributed by atoms with Crippen molar-refractivity contribution in [3.63, 3.8) is 0 Å². The van der Waals surface area contributed by atoms with Crippen LogP contribution in [0.2, 0.25) is 0 Å². The number of aliphatic hydroxyl groups is 1. The summed E-state index contributed by atoms with van der Waals surface area (Å²) in [6.45, 7) is 9.04. The predicted octanol–water partition coefficient (Wildman–Crippen LogP) is 5.78. The van der Waals surface area contributed by atoms with Crippen LogP contribution in [0.5, 0.6) is 11.5 Å². The van der Waals surface area contributed by atoms with Crippen LogP contribution in [0.3, 0.4) is 0 Å². The van der Waals surface area contributed by atoms with E-state index in [1.54, 1.807) is 6.92 Å². The minimum absolute atomic E-state index is 0.117. The van der Waals surface area contributed by atoms with Crippen molar-refractivity contribution in [1.29, 1.82) is 0 Å². The van der Waals surface area contributed by atoms with Gasteiger partial charge < -0.3 is 19.7 Å². The summed E-state index contributed by atoms with van der Waals surface area (Å²) in [4.78, 5) is 26.3. The van der Waals surface area contributed by atoms with E-state index in [0.717, 1.165) is 11.0 Å². The fraction of sp³-hybridized carbons (Fsp3) is 0.357. The molecule has 2 atom stereocenters. The molecule has 0 fully saturated rings. The summed E-state index contributed by atoms with van der Waals surface area (Å²) in [6.07, 6.45) is -1.79. The summed E-state index contributed by atoms with van der Waals surface area (Å²) in [5.74, 6) is -2.76. The summed E-state index contributed by atoms with van der Waals surface area (Å²) in [6, 6.07) is 11.2. The van der Waals surface area contributed by atoms with Crippen LogP contribution in [-0.2, 0) is 4.79 Å². The molecule has 0 bridgehead atoms. The number of carboxylic acids is 1. The number of benzene rings is 3.